The number of nitrogens with one attached hydrogen (secondary N) is 2. The van der Waals surface area contributed by atoms with E-state index in [-0.39, 0.29) is 0 Å². The molecule has 1 saturated heterocycles. The van der Waals surface area contributed by atoms with Crippen molar-refractivity contribution in [2.75, 3.05) is 33.2 Å². The number of nitrogens with zero attached hydrogens (tertiary/aromatic N) is 5. The van der Waals surface area contributed by atoms with Crippen LogP contribution in [0.1, 0.15) is 64.0 Å². The summed E-state index contributed by atoms with van der Waals surface area (Å²) in [6, 6.07) is 0.530. The number of hydrogen-bond acceptors (Lipinski definition) is 4. The number of fused-ring (bicyclic) bond motifs is 1. The number of aryl methyl sites for hydroxylation is 2. The van der Waals surface area contributed by atoms with Crippen molar-refractivity contribution in [1.82, 2.24) is 30.3 Å². The van der Waals surface area contributed by atoms with Crippen LogP contribution in [0.2, 0.25) is 0 Å². The van der Waals surface area contributed by atoms with Crippen LogP contribution in [-0.4, -0.2) is 64.9 Å². The van der Waals surface area contributed by atoms with Crippen molar-refractivity contribution in [3.8, 4) is 0 Å². The van der Waals surface area contributed by atoms with E-state index in [1.807, 2.05) is 7.05 Å². The van der Waals surface area contributed by atoms with E-state index >= 15 is 0 Å². The molecule has 0 aliphatic carbocycles. The molecule has 1 aromatic heterocycles. The highest BCUT2D eigenvalue weighted by molar-refractivity contribution is 5.79. The zero-order chi connectivity index (χ0) is 19.8. The Balaban J connectivity index is 1.36. The van der Waals surface area contributed by atoms with Crippen molar-refractivity contribution >= 4 is 5.96 Å². The van der Waals surface area contributed by atoms with Crippen LogP contribution in [0.4, 0.5) is 0 Å². The van der Waals surface area contributed by atoms with Crippen LogP contribution in [0.25, 0.3) is 0 Å². The quantitative estimate of drug-likeness (QED) is 0.425. The maximum Gasteiger partial charge on any atom is 0.191 e. The highest BCUT2D eigenvalue weighted by Crippen LogP contribution is 2.15. The molecule has 0 unspecified atom stereocenters. The third-order valence-electron chi connectivity index (χ3n) is 5.83. The van der Waals surface area contributed by atoms with Gasteiger partial charge in [0.25, 0.3) is 0 Å². The van der Waals surface area contributed by atoms with Gasteiger partial charge in [-0.3, -0.25) is 4.99 Å². The third-order valence-corrected chi connectivity index (χ3v) is 5.83. The molecule has 3 heterocycles. The highest BCUT2D eigenvalue weighted by Gasteiger charge is 2.20. The first-order valence-electron chi connectivity index (χ1n) is 11.3. The summed E-state index contributed by atoms with van der Waals surface area (Å²) in [6.07, 6.45) is 9.30. The fraction of sp³-hybridized carbons (Fsp3) is 0.857. The summed E-state index contributed by atoms with van der Waals surface area (Å²) in [4.78, 5) is 7.00. The Morgan fingerprint density at radius 2 is 1.96 bits per heavy atom. The van der Waals surface area contributed by atoms with E-state index in [9.17, 15) is 0 Å². The molecule has 0 spiro atoms. The van der Waals surface area contributed by atoms with Gasteiger partial charge in [-0.2, -0.15) is 0 Å². The zero-order valence-electron chi connectivity index (χ0n) is 18.1. The topological polar surface area (TPSA) is 70.4 Å². The Kier molecular flexibility index (Phi) is 8.13. The van der Waals surface area contributed by atoms with Crippen LogP contribution in [0.15, 0.2) is 4.99 Å². The minimum absolute atomic E-state index is 0.530. The molecule has 1 fully saturated rings. The number of aromatic nitrogens is 3. The van der Waals surface area contributed by atoms with Gasteiger partial charge >= 0.3 is 0 Å². The minimum atomic E-state index is 0.530. The molecule has 2 aliphatic heterocycles. The lowest BCUT2D eigenvalue weighted by atomic mass is 10.0. The molecule has 3 rings (SSSR count). The van der Waals surface area contributed by atoms with Crippen LogP contribution in [-0.2, 0) is 19.4 Å². The molecule has 7 nitrogen and oxygen atoms in total. The first kappa shape index (κ1) is 21.1. The van der Waals surface area contributed by atoms with Crippen LogP contribution in [0.3, 0.4) is 0 Å². The molecule has 0 amide bonds. The average molecular weight is 390 g/mol. The largest absolute Gasteiger partial charge is 0.356 e. The van der Waals surface area contributed by atoms with Crippen LogP contribution >= 0.6 is 0 Å². The summed E-state index contributed by atoms with van der Waals surface area (Å²) >= 11 is 0. The molecule has 2 N–H and O–H groups in total. The predicted octanol–water partition coefficient (Wildman–Crippen LogP) is 2.22. The molecule has 0 bridgehead atoms. The maximum absolute atomic E-state index is 4.43. The lowest BCUT2D eigenvalue weighted by Crippen LogP contribution is -2.49. The van der Waals surface area contributed by atoms with Gasteiger partial charge in [-0.1, -0.05) is 20.3 Å². The van der Waals surface area contributed by atoms with Gasteiger partial charge in [-0.15, -0.1) is 10.2 Å². The fourth-order valence-electron chi connectivity index (χ4n) is 4.35. The van der Waals surface area contributed by atoms with Gasteiger partial charge in [0, 0.05) is 58.7 Å². The predicted molar refractivity (Wildman–Crippen MR) is 115 cm³/mol. The summed E-state index contributed by atoms with van der Waals surface area (Å²) in [5.74, 6) is 4.02. The molecular weight excluding hydrogens is 350 g/mol. The lowest BCUT2D eigenvalue weighted by molar-refractivity contribution is 0.187. The smallest absolute Gasteiger partial charge is 0.191 e. The monoisotopic (exact) mass is 389 g/mol. The van der Waals surface area contributed by atoms with E-state index in [0.29, 0.717) is 6.04 Å². The van der Waals surface area contributed by atoms with E-state index in [2.05, 4.69) is 49.1 Å². The molecule has 0 aromatic carbocycles. The first-order valence-corrected chi connectivity index (χ1v) is 11.3. The Morgan fingerprint density at radius 3 is 2.71 bits per heavy atom. The Bertz CT molecular complexity index is 614. The Morgan fingerprint density at radius 1 is 1.14 bits per heavy atom. The van der Waals surface area contributed by atoms with Crippen molar-refractivity contribution in [3.63, 3.8) is 0 Å². The molecule has 0 radical (unpaired) electrons. The van der Waals surface area contributed by atoms with Crippen molar-refractivity contribution in [1.29, 1.82) is 0 Å². The van der Waals surface area contributed by atoms with Gasteiger partial charge in [0.1, 0.15) is 11.6 Å². The second-order valence-electron chi connectivity index (χ2n) is 8.71. The number of aliphatic imine (C=N–C) groups is 1. The van der Waals surface area contributed by atoms with Crippen molar-refractivity contribution in [3.05, 3.63) is 11.6 Å². The van der Waals surface area contributed by atoms with E-state index in [0.717, 1.165) is 50.1 Å². The molecule has 0 saturated carbocycles. The SMILES string of the molecule is CN=C(NCCCc1nnc2n1CCCCC2)NC1CCN(CC(C)C)CC1. The molecule has 28 heavy (non-hydrogen) atoms. The molecule has 158 valence electrons. The number of guanidine groups is 1. The maximum atomic E-state index is 4.43. The summed E-state index contributed by atoms with van der Waals surface area (Å²) in [5, 5.41) is 15.9. The number of rotatable bonds is 7. The first-order chi connectivity index (χ1) is 13.7. The standard InChI is InChI=1S/C21H39N7/c1-17(2)16-27-14-10-18(11-15-27)24-21(22-3)23-12-7-9-20-26-25-19-8-5-4-6-13-28(19)20/h17-18H,4-16H2,1-3H3,(H2,22,23,24). The van der Waals surface area contributed by atoms with Gasteiger partial charge in [-0.05, 0) is 38.0 Å². The average Bonchev–Trinajstić information content (AvgIpc) is 2.91. The second kappa shape index (κ2) is 10.8. The highest BCUT2D eigenvalue weighted by atomic mass is 15.3. The van der Waals surface area contributed by atoms with Gasteiger partial charge in [-0.25, -0.2) is 0 Å². The van der Waals surface area contributed by atoms with Crippen molar-refractivity contribution in [2.45, 2.75) is 77.8 Å². The van der Waals surface area contributed by atoms with Gasteiger partial charge in [0.2, 0.25) is 0 Å². The molecule has 1 aromatic rings. The van der Waals surface area contributed by atoms with E-state index in [1.165, 1.54) is 57.6 Å². The van der Waals surface area contributed by atoms with Crippen LogP contribution in [0.5, 0.6) is 0 Å². The van der Waals surface area contributed by atoms with Gasteiger partial charge < -0.3 is 20.1 Å². The third kappa shape index (κ3) is 6.19. The Labute approximate surface area is 170 Å². The number of piperidine rings is 1. The molecule has 7 heteroatoms. The molecule has 0 atom stereocenters. The van der Waals surface area contributed by atoms with Gasteiger partial charge in [0.05, 0.1) is 0 Å². The number of hydrogen-bond donors (Lipinski definition) is 2. The van der Waals surface area contributed by atoms with Crippen molar-refractivity contribution < 1.29 is 0 Å². The van der Waals surface area contributed by atoms with Gasteiger partial charge in [0.15, 0.2) is 5.96 Å². The summed E-state index contributed by atoms with van der Waals surface area (Å²) in [7, 11) is 1.86. The fourth-order valence-corrected chi connectivity index (χ4v) is 4.35. The van der Waals surface area contributed by atoms with E-state index in [4.69, 9.17) is 0 Å². The lowest BCUT2D eigenvalue weighted by Gasteiger charge is -2.34. The van der Waals surface area contributed by atoms with E-state index in [1.54, 1.807) is 0 Å². The van der Waals surface area contributed by atoms with E-state index < -0.39 is 0 Å². The second-order valence-corrected chi connectivity index (χ2v) is 8.71. The summed E-state index contributed by atoms with van der Waals surface area (Å²) < 4.78 is 2.35. The zero-order valence-corrected chi connectivity index (χ0v) is 18.1. The molecular formula is C21H39N7. The summed E-state index contributed by atoms with van der Waals surface area (Å²) in [6.45, 7) is 10.2. The number of likely N-dealkylation sites (tertiary alicyclic amines) is 1. The van der Waals surface area contributed by atoms with Crippen LogP contribution in [0, 0.1) is 5.92 Å². The molecule has 2 aliphatic rings. The van der Waals surface area contributed by atoms with Crippen molar-refractivity contribution in [2.24, 2.45) is 10.9 Å². The summed E-state index contributed by atoms with van der Waals surface area (Å²) in [5.41, 5.74) is 0. The Hall–Kier alpha value is -1.63. The minimum Gasteiger partial charge on any atom is -0.356 e. The normalized spacial score (nSPS) is 19.5. The van der Waals surface area contributed by atoms with Crippen LogP contribution < -0.4 is 10.6 Å².